The summed E-state index contributed by atoms with van der Waals surface area (Å²) in [5.74, 6) is -0.0659. The fourth-order valence-corrected chi connectivity index (χ4v) is 2.27. The molecule has 3 rings (SSSR count). The molecule has 0 saturated heterocycles. The van der Waals surface area contributed by atoms with E-state index in [0.29, 0.717) is 5.57 Å². The van der Waals surface area contributed by atoms with Crippen LogP contribution in [-0.2, 0) is 11.2 Å². The third-order valence-electron chi connectivity index (χ3n) is 3.46. The number of fused-ring (bicyclic) bond motifs is 1. The zero-order valence-corrected chi connectivity index (χ0v) is 11.3. The van der Waals surface area contributed by atoms with Gasteiger partial charge in [-0.05, 0) is 30.2 Å². The first-order chi connectivity index (χ1) is 9.78. The molecule has 2 aromatic carbocycles. The van der Waals surface area contributed by atoms with Crippen LogP contribution >= 0.6 is 0 Å². The first kappa shape index (κ1) is 12.5. The number of para-hydroxylation sites is 1. The normalized spacial score (nSPS) is 15.1. The van der Waals surface area contributed by atoms with Gasteiger partial charge in [-0.15, -0.1) is 0 Å². The fourth-order valence-electron chi connectivity index (χ4n) is 2.27. The molecule has 2 aromatic rings. The number of anilines is 2. The molecule has 0 atom stereocenters. The maximum atomic E-state index is 11.9. The minimum Gasteiger partial charge on any atom is -0.361 e. The van der Waals surface area contributed by atoms with Crippen LogP contribution in [0.4, 0.5) is 11.4 Å². The van der Waals surface area contributed by atoms with Crippen LogP contribution in [-0.4, -0.2) is 5.91 Å². The average molecular weight is 264 g/mol. The summed E-state index contributed by atoms with van der Waals surface area (Å²) in [6.45, 7) is 2.13. The van der Waals surface area contributed by atoms with Gasteiger partial charge >= 0.3 is 0 Å². The number of aryl methyl sites for hydroxylation is 1. The van der Waals surface area contributed by atoms with Crippen molar-refractivity contribution in [2.45, 2.75) is 13.3 Å². The molecule has 1 heterocycles. The van der Waals surface area contributed by atoms with Crippen LogP contribution in [0.25, 0.3) is 5.57 Å². The minimum absolute atomic E-state index is 0.0659. The molecule has 0 radical (unpaired) electrons. The van der Waals surface area contributed by atoms with E-state index in [9.17, 15) is 4.79 Å². The first-order valence-corrected chi connectivity index (χ1v) is 6.74. The predicted octanol–water partition coefficient (Wildman–Crippen LogP) is 3.65. The largest absolute Gasteiger partial charge is 0.361 e. The topological polar surface area (TPSA) is 41.1 Å². The molecule has 3 heteroatoms. The Morgan fingerprint density at radius 2 is 1.85 bits per heavy atom. The zero-order chi connectivity index (χ0) is 13.9. The molecule has 0 unspecified atom stereocenters. The summed E-state index contributed by atoms with van der Waals surface area (Å²) in [7, 11) is 0. The summed E-state index contributed by atoms with van der Waals surface area (Å²) in [4.78, 5) is 11.9. The second-order valence-electron chi connectivity index (χ2n) is 4.75. The fraction of sp³-hybridized carbons (Fsp3) is 0.118. The third kappa shape index (κ3) is 2.30. The lowest BCUT2D eigenvalue weighted by Crippen LogP contribution is -2.05. The summed E-state index contributed by atoms with van der Waals surface area (Å²) in [5, 5.41) is 6.04. The molecule has 0 aromatic heterocycles. The van der Waals surface area contributed by atoms with Gasteiger partial charge in [0.2, 0.25) is 0 Å². The van der Waals surface area contributed by atoms with Crippen LogP contribution in [0.2, 0.25) is 0 Å². The first-order valence-electron chi connectivity index (χ1n) is 6.74. The second kappa shape index (κ2) is 5.21. The minimum atomic E-state index is -0.0659. The number of hydrogen-bond acceptors (Lipinski definition) is 2. The Morgan fingerprint density at radius 1 is 1.10 bits per heavy atom. The van der Waals surface area contributed by atoms with Gasteiger partial charge in [0.25, 0.3) is 5.91 Å². The maximum absolute atomic E-state index is 11.9. The smallest absolute Gasteiger partial charge is 0.257 e. The van der Waals surface area contributed by atoms with Crippen LogP contribution < -0.4 is 10.6 Å². The molecule has 0 saturated carbocycles. The summed E-state index contributed by atoms with van der Waals surface area (Å²) < 4.78 is 0. The van der Waals surface area contributed by atoms with Crippen molar-refractivity contribution < 1.29 is 4.79 Å². The Bertz CT molecular complexity index is 672. The SMILES string of the molecule is CCc1ccc(N/C=C2/C(=O)Nc3ccccc32)cc1. The van der Waals surface area contributed by atoms with Crippen molar-refractivity contribution in [3.63, 3.8) is 0 Å². The summed E-state index contributed by atoms with van der Waals surface area (Å²) in [6, 6.07) is 15.9. The Balaban J connectivity index is 1.83. The molecule has 0 spiro atoms. The number of benzene rings is 2. The molecule has 20 heavy (non-hydrogen) atoms. The molecule has 1 aliphatic rings. The second-order valence-corrected chi connectivity index (χ2v) is 4.75. The quantitative estimate of drug-likeness (QED) is 0.831. The van der Waals surface area contributed by atoms with Crippen molar-refractivity contribution in [2.75, 3.05) is 10.6 Å². The number of carbonyl (C=O) groups is 1. The molecule has 100 valence electrons. The Labute approximate surface area is 118 Å². The highest BCUT2D eigenvalue weighted by molar-refractivity contribution is 6.31. The van der Waals surface area contributed by atoms with Gasteiger partial charge < -0.3 is 10.6 Å². The Kier molecular flexibility index (Phi) is 3.25. The molecule has 1 aliphatic heterocycles. The van der Waals surface area contributed by atoms with Crippen LogP contribution in [0, 0.1) is 0 Å². The molecule has 2 N–H and O–H groups in total. The van der Waals surface area contributed by atoms with Crippen molar-refractivity contribution >= 4 is 22.9 Å². The van der Waals surface area contributed by atoms with E-state index in [1.807, 2.05) is 36.4 Å². The Hall–Kier alpha value is -2.55. The van der Waals surface area contributed by atoms with Crippen LogP contribution in [0.1, 0.15) is 18.1 Å². The predicted molar refractivity (Wildman–Crippen MR) is 82.5 cm³/mol. The monoisotopic (exact) mass is 264 g/mol. The van der Waals surface area contributed by atoms with E-state index in [1.54, 1.807) is 6.20 Å². The number of nitrogens with one attached hydrogen (secondary N) is 2. The highest BCUT2D eigenvalue weighted by Gasteiger charge is 2.23. The van der Waals surface area contributed by atoms with E-state index < -0.39 is 0 Å². The van der Waals surface area contributed by atoms with Crippen LogP contribution in [0.5, 0.6) is 0 Å². The average Bonchev–Trinajstić information content (AvgIpc) is 2.81. The Morgan fingerprint density at radius 3 is 2.60 bits per heavy atom. The lowest BCUT2D eigenvalue weighted by molar-refractivity contribution is -0.110. The van der Waals surface area contributed by atoms with E-state index in [0.717, 1.165) is 23.4 Å². The number of carbonyl (C=O) groups excluding carboxylic acids is 1. The molecular formula is C17H16N2O. The van der Waals surface area contributed by atoms with E-state index in [4.69, 9.17) is 0 Å². The van der Waals surface area contributed by atoms with Gasteiger partial charge in [-0.1, -0.05) is 37.3 Å². The highest BCUT2D eigenvalue weighted by Crippen LogP contribution is 2.31. The summed E-state index contributed by atoms with van der Waals surface area (Å²) >= 11 is 0. The van der Waals surface area contributed by atoms with Crippen molar-refractivity contribution in [1.82, 2.24) is 0 Å². The van der Waals surface area contributed by atoms with Crippen molar-refractivity contribution in [3.05, 3.63) is 65.9 Å². The van der Waals surface area contributed by atoms with Gasteiger partial charge in [-0.2, -0.15) is 0 Å². The maximum Gasteiger partial charge on any atom is 0.257 e. The third-order valence-corrected chi connectivity index (χ3v) is 3.46. The van der Waals surface area contributed by atoms with Crippen molar-refractivity contribution in [2.24, 2.45) is 0 Å². The van der Waals surface area contributed by atoms with Gasteiger partial charge in [0.15, 0.2) is 0 Å². The van der Waals surface area contributed by atoms with E-state index in [-0.39, 0.29) is 5.91 Å². The van der Waals surface area contributed by atoms with E-state index in [1.165, 1.54) is 5.56 Å². The lowest BCUT2D eigenvalue weighted by atomic mass is 10.1. The van der Waals surface area contributed by atoms with Gasteiger partial charge in [0.05, 0.1) is 5.57 Å². The zero-order valence-electron chi connectivity index (χ0n) is 11.3. The van der Waals surface area contributed by atoms with E-state index in [2.05, 4.69) is 29.7 Å². The molecule has 0 fully saturated rings. The standard InChI is InChI=1S/C17H16N2O/c1-2-12-7-9-13(10-8-12)18-11-15-14-5-3-4-6-16(14)19-17(15)20/h3-11,18H,2H2,1H3,(H,19,20)/b15-11+. The number of amides is 1. The molecular weight excluding hydrogens is 248 g/mol. The number of hydrogen-bond donors (Lipinski definition) is 2. The number of rotatable bonds is 3. The summed E-state index contributed by atoms with van der Waals surface area (Å²) in [5.41, 5.74) is 4.75. The van der Waals surface area contributed by atoms with Gasteiger partial charge in [0.1, 0.15) is 0 Å². The van der Waals surface area contributed by atoms with E-state index >= 15 is 0 Å². The summed E-state index contributed by atoms with van der Waals surface area (Å²) in [6.07, 6.45) is 2.79. The molecule has 1 amide bonds. The van der Waals surface area contributed by atoms with Crippen molar-refractivity contribution in [3.8, 4) is 0 Å². The lowest BCUT2D eigenvalue weighted by Gasteiger charge is -2.03. The molecule has 0 bridgehead atoms. The van der Waals surface area contributed by atoms with Gasteiger partial charge in [-0.3, -0.25) is 4.79 Å². The molecule has 0 aliphatic carbocycles. The highest BCUT2D eigenvalue weighted by atomic mass is 16.2. The van der Waals surface area contributed by atoms with Crippen LogP contribution in [0.3, 0.4) is 0 Å². The molecule has 3 nitrogen and oxygen atoms in total. The van der Waals surface area contributed by atoms with Gasteiger partial charge in [-0.25, -0.2) is 0 Å². The van der Waals surface area contributed by atoms with Crippen LogP contribution in [0.15, 0.2) is 54.7 Å². The van der Waals surface area contributed by atoms with Crippen molar-refractivity contribution in [1.29, 1.82) is 0 Å². The van der Waals surface area contributed by atoms with Gasteiger partial charge in [0, 0.05) is 23.1 Å².